The van der Waals surface area contributed by atoms with Crippen molar-refractivity contribution in [2.75, 3.05) is 16.9 Å². The molecular formula is C43H57N7O4S. The lowest BCUT2D eigenvalue weighted by atomic mass is 10.0. The highest BCUT2D eigenvalue weighted by atomic mass is 32.2. The van der Waals surface area contributed by atoms with Crippen LogP contribution in [0.4, 0.5) is 11.4 Å². The topological polar surface area (TPSA) is 124 Å². The highest BCUT2D eigenvalue weighted by molar-refractivity contribution is 8.01. The van der Waals surface area contributed by atoms with Gasteiger partial charge in [0.05, 0.1) is 18.0 Å². The molecule has 0 spiro atoms. The van der Waals surface area contributed by atoms with Gasteiger partial charge in [0.2, 0.25) is 11.1 Å². The van der Waals surface area contributed by atoms with E-state index >= 15 is 0 Å². The second-order valence-electron chi connectivity index (χ2n) is 13.9. The Morgan fingerprint density at radius 3 is 2.13 bits per heavy atom. The maximum atomic E-state index is 13.7. The summed E-state index contributed by atoms with van der Waals surface area (Å²) in [5.41, 5.74) is 3.12. The zero-order valence-electron chi connectivity index (χ0n) is 32.7. The van der Waals surface area contributed by atoms with Crippen LogP contribution >= 0.6 is 11.8 Å². The van der Waals surface area contributed by atoms with E-state index in [0.717, 1.165) is 18.5 Å². The van der Waals surface area contributed by atoms with Gasteiger partial charge in [-0.3, -0.25) is 9.59 Å². The summed E-state index contributed by atoms with van der Waals surface area (Å²) in [5.74, 6) is 0.446. The first-order valence-corrected chi connectivity index (χ1v) is 21.1. The Hall–Kier alpha value is -4.71. The smallest absolute Gasteiger partial charge is 0.270 e. The number of nitrogens with one attached hydrogen (secondary N) is 1. The molecule has 2 unspecified atom stereocenters. The monoisotopic (exact) mass is 767 g/mol. The highest BCUT2D eigenvalue weighted by Crippen LogP contribution is 2.32. The van der Waals surface area contributed by atoms with E-state index in [1.54, 1.807) is 28.9 Å². The van der Waals surface area contributed by atoms with Crippen LogP contribution in [0.25, 0.3) is 5.69 Å². The van der Waals surface area contributed by atoms with E-state index in [4.69, 9.17) is 9.47 Å². The van der Waals surface area contributed by atoms with Gasteiger partial charge < -0.3 is 14.8 Å². The van der Waals surface area contributed by atoms with Crippen LogP contribution in [-0.4, -0.2) is 55.9 Å². The zero-order chi connectivity index (χ0) is 38.7. The summed E-state index contributed by atoms with van der Waals surface area (Å²) in [6.07, 6.45) is 18.3. The van der Waals surface area contributed by atoms with Crippen molar-refractivity contribution in [3.05, 3.63) is 84.4 Å². The van der Waals surface area contributed by atoms with Crippen molar-refractivity contribution in [1.82, 2.24) is 20.2 Å². The van der Waals surface area contributed by atoms with Crippen LogP contribution in [0.15, 0.2) is 89.1 Å². The first kappa shape index (κ1) is 41.5. The van der Waals surface area contributed by atoms with Gasteiger partial charge in [-0.1, -0.05) is 133 Å². The summed E-state index contributed by atoms with van der Waals surface area (Å²) >= 11 is 1.17. The Balaban J connectivity index is 1.07. The number of aryl methyl sites for hydroxylation is 1. The van der Waals surface area contributed by atoms with Gasteiger partial charge in [-0.15, -0.1) is 10.2 Å². The molecule has 0 fully saturated rings. The molecule has 294 valence electrons. The largest absolute Gasteiger partial charge is 0.481 e. The molecule has 1 aliphatic rings. The maximum Gasteiger partial charge on any atom is 0.270 e. The molecular weight excluding hydrogens is 711 g/mol. The Bertz CT molecular complexity index is 1780. The zero-order valence-corrected chi connectivity index (χ0v) is 33.5. The molecule has 12 heteroatoms. The van der Waals surface area contributed by atoms with Crippen molar-refractivity contribution in [2.24, 2.45) is 5.10 Å². The van der Waals surface area contributed by atoms with Crippen LogP contribution in [0.3, 0.4) is 0 Å². The van der Waals surface area contributed by atoms with E-state index < -0.39 is 11.4 Å². The van der Waals surface area contributed by atoms with E-state index in [1.807, 2.05) is 56.3 Å². The molecule has 11 nitrogen and oxygen atoms in total. The Morgan fingerprint density at radius 2 is 1.47 bits per heavy atom. The third kappa shape index (κ3) is 12.7. The fourth-order valence-electron chi connectivity index (χ4n) is 6.56. The molecule has 2 amide bonds. The normalized spacial score (nSPS) is 14.5. The summed E-state index contributed by atoms with van der Waals surface area (Å²) in [4.78, 5) is 27.0. The van der Waals surface area contributed by atoms with E-state index in [0.29, 0.717) is 35.3 Å². The number of carbonyl (C=O) groups is 2. The Morgan fingerprint density at radius 1 is 0.800 bits per heavy atom. The number of para-hydroxylation sites is 1. The summed E-state index contributed by atoms with van der Waals surface area (Å²) in [5, 5.41) is 20.5. The first-order chi connectivity index (χ1) is 27.0. The van der Waals surface area contributed by atoms with Gasteiger partial charge in [0.1, 0.15) is 5.75 Å². The lowest BCUT2D eigenvalue weighted by Gasteiger charge is -2.18. The highest BCUT2D eigenvalue weighted by Gasteiger charge is 2.40. The minimum Gasteiger partial charge on any atom is -0.481 e. The quantitative estimate of drug-likeness (QED) is 0.0699. The molecule has 1 aliphatic heterocycles. The van der Waals surface area contributed by atoms with Crippen LogP contribution in [0.2, 0.25) is 0 Å². The lowest BCUT2D eigenvalue weighted by molar-refractivity contribution is -0.122. The molecule has 0 radical (unpaired) electrons. The van der Waals surface area contributed by atoms with Gasteiger partial charge in [0.25, 0.3) is 11.8 Å². The van der Waals surface area contributed by atoms with E-state index in [2.05, 4.69) is 45.0 Å². The molecule has 1 N–H and O–H groups in total. The number of tetrazole rings is 1. The molecule has 0 bridgehead atoms. The molecule has 1 aromatic heterocycles. The number of ether oxygens (including phenoxy) is 2. The molecule has 0 saturated carbocycles. The van der Waals surface area contributed by atoms with Crippen molar-refractivity contribution >= 4 is 40.8 Å². The molecule has 5 rings (SSSR count). The number of thioether (sulfide) groups is 1. The molecule has 0 saturated heterocycles. The van der Waals surface area contributed by atoms with Crippen LogP contribution in [0, 0.1) is 0 Å². The number of nitrogens with zero attached hydrogens (tertiary/aromatic N) is 6. The number of hydrogen-bond donors (Lipinski definition) is 1. The minimum atomic E-state index is -0.775. The summed E-state index contributed by atoms with van der Waals surface area (Å²) < 4.78 is 13.5. The fraction of sp³-hybridized carbons (Fsp3) is 0.488. The van der Waals surface area contributed by atoms with Gasteiger partial charge >= 0.3 is 0 Å². The molecule has 4 aromatic rings. The first-order valence-electron chi connectivity index (χ1n) is 20.2. The van der Waals surface area contributed by atoms with Crippen LogP contribution in [0.5, 0.6) is 5.75 Å². The van der Waals surface area contributed by atoms with Gasteiger partial charge in [-0.2, -0.15) is 9.69 Å². The van der Waals surface area contributed by atoms with Crippen molar-refractivity contribution < 1.29 is 19.1 Å². The van der Waals surface area contributed by atoms with Gasteiger partial charge in [0.15, 0.2) is 11.4 Å². The number of aromatic nitrogens is 4. The number of benzene rings is 3. The number of hydrazone groups is 1. The van der Waals surface area contributed by atoms with Crippen molar-refractivity contribution in [2.45, 2.75) is 134 Å². The maximum absolute atomic E-state index is 13.7. The fourth-order valence-corrected chi connectivity index (χ4v) is 7.51. The summed E-state index contributed by atoms with van der Waals surface area (Å²) in [6.45, 7) is 6.39. The van der Waals surface area contributed by atoms with Crippen molar-refractivity contribution in [1.29, 1.82) is 0 Å². The molecule has 2 heterocycles. The standard InChI is InChI=1S/C43H57N7O4S/c1-4-7-8-9-10-11-12-13-14-15-16-17-19-23-33-24-22-27-37(32-33)54-38(5-2)40(51)44-34-28-30-36(31-29-34)49-42(52)39(41(46-49)53-6-3)55-43-45-47-48-50(43)35-25-20-18-21-26-35/h18,20-22,24-32,38-39H,4-17,19,23H2,1-3H3,(H,44,51). The number of hydrogen-bond acceptors (Lipinski definition) is 9. The third-order valence-corrected chi connectivity index (χ3v) is 10.7. The SMILES string of the molecule is CCCCCCCCCCCCCCCc1cccc(OC(CC)C(=O)Nc2ccc(N3N=C(OCC)C(Sc4nnnn4-c4ccccc4)C3=O)cc2)c1. The van der Waals surface area contributed by atoms with Gasteiger partial charge in [0, 0.05) is 5.69 Å². The summed E-state index contributed by atoms with van der Waals surface area (Å²) in [6, 6.07) is 24.5. The third-order valence-electron chi connectivity index (χ3n) is 9.60. The number of anilines is 2. The number of unbranched alkanes of at least 4 members (excludes halogenated alkanes) is 12. The van der Waals surface area contributed by atoms with Crippen LogP contribution in [0.1, 0.15) is 116 Å². The van der Waals surface area contributed by atoms with E-state index in [-0.39, 0.29) is 17.7 Å². The average Bonchev–Trinajstić information content (AvgIpc) is 3.80. The number of amides is 2. The lowest BCUT2D eigenvalue weighted by Crippen LogP contribution is -2.32. The number of rotatable bonds is 24. The Labute approximate surface area is 330 Å². The van der Waals surface area contributed by atoms with E-state index in [9.17, 15) is 9.59 Å². The van der Waals surface area contributed by atoms with Gasteiger partial charge in [-0.25, -0.2) is 0 Å². The molecule has 0 aliphatic carbocycles. The van der Waals surface area contributed by atoms with Crippen molar-refractivity contribution in [3.63, 3.8) is 0 Å². The van der Waals surface area contributed by atoms with Crippen molar-refractivity contribution in [3.8, 4) is 11.4 Å². The molecule has 2 atom stereocenters. The second-order valence-corrected chi connectivity index (χ2v) is 15.0. The second kappa shape index (κ2) is 22.6. The predicted molar refractivity (Wildman–Crippen MR) is 221 cm³/mol. The molecule has 55 heavy (non-hydrogen) atoms. The van der Waals surface area contributed by atoms with Crippen LogP contribution in [-0.2, 0) is 20.7 Å². The predicted octanol–water partition coefficient (Wildman–Crippen LogP) is 9.95. The number of carbonyl (C=O) groups excluding carboxylic acids is 2. The molecule has 3 aromatic carbocycles. The average molecular weight is 768 g/mol. The van der Waals surface area contributed by atoms with E-state index in [1.165, 1.54) is 99.4 Å². The minimum absolute atomic E-state index is 0.237. The summed E-state index contributed by atoms with van der Waals surface area (Å²) in [7, 11) is 0. The van der Waals surface area contributed by atoms with Gasteiger partial charge in [-0.05, 0) is 90.7 Å². The Kier molecular flexibility index (Phi) is 17.0. The van der Waals surface area contributed by atoms with Crippen LogP contribution < -0.4 is 15.1 Å².